The number of piperidine rings is 1. The Morgan fingerprint density at radius 2 is 1.83 bits per heavy atom. The molecule has 1 saturated heterocycles. The zero-order chi connectivity index (χ0) is 29.3. The second kappa shape index (κ2) is 11.6. The first-order valence-electron chi connectivity index (χ1n) is 14.4. The molecule has 9 heteroatoms. The number of benzene rings is 2. The molecule has 3 heterocycles. The van der Waals surface area contributed by atoms with Gasteiger partial charge in [0.05, 0.1) is 12.6 Å². The van der Waals surface area contributed by atoms with E-state index in [1.165, 1.54) is 0 Å². The van der Waals surface area contributed by atoms with E-state index in [-0.39, 0.29) is 23.1 Å². The minimum absolute atomic E-state index is 0.0260. The highest BCUT2D eigenvalue weighted by Crippen LogP contribution is 2.36. The molecule has 1 fully saturated rings. The van der Waals surface area contributed by atoms with E-state index < -0.39 is 6.09 Å². The normalized spacial score (nSPS) is 19.2. The summed E-state index contributed by atoms with van der Waals surface area (Å²) in [5.74, 6) is 2.08. The number of hydrogen-bond acceptors (Lipinski definition) is 6. The first-order valence-corrected chi connectivity index (χ1v) is 14.4. The summed E-state index contributed by atoms with van der Waals surface area (Å²) in [5.41, 5.74) is 2.59. The van der Waals surface area contributed by atoms with Gasteiger partial charge in [0.2, 0.25) is 0 Å². The Hall–Kier alpha value is -3.72. The van der Waals surface area contributed by atoms with Crippen LogP contribution in [0, 0.1) is 12.3 Å². The summed E-state index contributed by atoms with van der Waals surface area (Å²) in [7, 11) is 1.63. The fraction of sp³-hybridized carbons (Fsp3) is 0.500. The van der Waals surface area contributed by atoms with Crippen molar-refractivity contribution in [2.24, 2.45) is 5.41 Å². The molecular weight excluding hydrogens is 522 g/mol. The highest BCUT2D eigenvalue weighted by molar-refractivity contribution is 5.83. The van der Waals surface area contributed by atoms with Crippen LogP contribution in [0.5, 0.6) is 17.2 Å². The molecule has 0 radical (unpaired) electrons. The summed E-state index contributed by atoms with van der Waals surface area (Å²) in [4.78, 5) is 29.6. The maximum atomic E-state index is 13.1. The molecule has 41 heavy (non-hydrogen) atoms. The van der Waals surface area contributed by atoms with Crippen molar-refractivity contribution in [3.05, 3.63) is 63.9 Å². The molecule has 2 atom stereocenters. The van der Waals surface area contributed by atoms with E-state index in [0.717, 1.165) is 47.2 Å². The Morgan fingerprint density at radius 3 is 2.54 bits per heavy atom. The standard InChI is InChI=1S/C32H41N3O6/c1-21-16-30(36)34(26-19-24(39-5)7-8-25(21)26)13-12-33-11-10-23(18-29(33)32(2,3)4)35(31(37)38)20-22-6-9-27-28(17-22)41-15-14-40-27/h6-9,16-17,19,23,29H,10-15,18,20H2,1-5H3,(H,37,38). The van der Waals surface area contributed by atoms with Gasteiger partial charge in [-0.05, 0) is 60.6 Å². The van der Waals surface area contributed by atoms with Gasteiger partial charge in [-0.25, -0.2) is 4.79 Å². The highest BCUT2D eigenvalue weighted by Gasteiger charge is 2.39. The van der Waals surface area contributed by atoms with E-state index in [0.29, 0.717) is 44.3 Å². The van der Waals surface area contributed by atoms with Gasteiger partial charge in [0, 0.05) is 55.8 Å². The van der Waals surface area contributed by atoms with Gasteiger partial charge in [-0.1, -0.05) is 26.8 Å². The third kappa shape index (κ3) is 6.15. The second-order valence-corrected chi connectivity index (χ2v) is 12.2. The largest absolute Gasteiger partial charge is 0.497 e. The van der Waals surface area contributed by atoms with Crippen LogP contribution in [0.1, 0.15) is 44.7 Å². The number of nitrogens with zero attached hydrogens (tertiary/aromatic N) is 3. The highest BCUT2D eigenvalue weighted by atomic mass is 16.6. The van der Waals surface area contributed by atoms with Crippen LogP contribution in [0.25, 0.3) is 10.9 Å². The van der Waals surface area contributed by atoms with Gasteiger partial charge in [-0.15, -0.1) is 0 Å². The maximum absolute atomic E-state index is 13.1. The molecule has 1 aromatic heterocycles. The maximum Gasteiger partial charge on any atom is 0.407 e. The number of carbonyl (C=O) groups is 1. The SMILES string of the molecule is COc1ccc2c(C)cc(=O)n(CCN3CCC(N(Cc4ccc5c(c4)OCCO5)C(=O)O)CC3C(C)(C)C)c2c1. The molecule has 2 aromatic carbocycles. The van der Waals surface area contributed by atoms with Gasteiger partial charge >= 0.3 is 6.09 Å². The van der Waals surface area contributed by atoms with Crippen molar-refractivity contribution in [1.82, 2.24) is 14.4 Å². The summed E-state index contributed by atoms with van der Waals surface area (Å²) in [6.45, 7) is 11.9. The summed E-state index contributed by atoms with van der Waals surface area (Å²) in [6, 6.07) is 13.2. The van der Waals surface area contributed by atoms with Gasteiger partial charge < -0.3 is 28.8 Å². The third-order valence-electron chi connectivity index (χ3n) is 8.47. The molecular formula is C32H41N3O6. The molecule has 1 amide bonds. The zero-order valence-electron chi connectivity index (χ0n) is 24.7. The minimum Gasteiger partial charge on any atom is -0.497 e. The van der Waals surface area contributed by atoms with E-state index in [1.807, 2.05) is 47.9 Å². The number of carboxylic acid groups (broad SMARTS) is 1. The van der Waals surface area contributed by atoms with Crippen LogP contribution in [-0.2, 0) is 13.1 Å². The smallest absolute Gasteiger partial charge is 0.407 e. The lowest BCUT2D eigenvalue weighted by atomic mass is 9.78. The lowest BCUT2D eigenvalue weighted by molar-refractivity contribution is 0.0131. The van der Waals surface area contributed by atoms with E-state index in [1.54, 1.807) is 18.1 Å². The van der Waals surface area contributed by atoms with Crippen molar-refractivity contribution in [2.45, 2.75) is 65.7 Å². The van der Waals surface area contributed by atoms with Crippen LogP contribution in [0.2, 0.25) is 0 Å². The number of pyridine rings is 1. The molecule has 0 bridgehead atoms. The molecule has 1 N–H and O–H groups in total. The first-order chi connectivity index (χ1) is 19.5. The number of hydrogen-bond donors (Lipinski definition) is 1. The van der Waals surface area contributed by atoms with Gasteiger partial charge in [-0.3, -0.25) is 9.69 Å². The van der Waals surface area contributed by atoms with Gasteiger partial charge in [0.15, 0.2) is 11.5 Å². The minimum atomic E-state index is -0.919. The second-order valence-electron chi connectivity index (χ2n) is 12.2. The van der Waals surface area contributed by atoms with Crippen molar-refractivity contribution in [3.8, 4) is 17.2 Å². The predicted octanol–water partition coefficient (Wildman–Crippen LogP) is 5.15. The first kappa shape index (κ1) is 28.8. The topological polar surface area (TPSA) is 93.5 Å². The van der Waals surface area contributed by atoms with E-state index in [9.17, 15) is 14.7 Å². The molecule has 2 aliphatic heterocycles. The van der Waals surface area contributed by atoms with Crippen LogP contribution < -0.4 is 19.8 Å². The van der Waals surface area contributed by atoms with Gasteiger partial charge in [0.25, 0.3) is 5.56 Å². The molecule has 220 valence electrons. The van der Waals surface area contributed by atoms with Crippen LogP contribution in [0.4, 0.5) is 4.79 Å². The molecule has 2 aliphatic rings. The van der Waals surface area contributed by atoms with Crippen LogP contribution >= 0.6 is 0 Å². The zero-order valence-corrected chi connectivity index (χ0v) is 24.7. The number of fused-ring (bicyclic) bond motifs is 2. The van der Waals surface area contributed by atoms with Crippen molar-refractivity contribution in [1.29, 1.82) is 0 Å². The molecule has 0 aliphatic carbocycles. The number of aromatic nitrogens is 1. The fourth-order valence-corrected chi connectivity index (χ4v) is 6.30. The Bertz CT molecular complexity index is 1480. The molecule has 3 aromatic rings. The van der Waals surface area contributed by atoms with Crippen LogP contribution in [0.3, 0.4) is 0 Å². The fourth-order valence-electron chi connectivity index (χ4n) is 6.30. The Balaban J connectivity index is 1.34. The molecule has 9 nitrogen and oxygen atoms in total. The molecule has 2 unspecified atom stereocenters. The molecule has 0 spiro atoms. The Labute approximate surface area is 241 Å². The van der Waals surface area contributed by atoms with Crippen molar-refractivity contribution < 1.29 is 24.1 Å². The summed E-state index contributed by atoms with van der Waals surface area (Å²) in [6.07, 6.45) is 0.524. The summed E-state index contributed by atoms with van der Waals surface area (Å²) in [5, 5.41) is 11.3. The number of likely N-dealkylation sites (tertiary alicyclic amines) is 1. The van der Waals surface area contributed by atoms with Gasteiger partial charge in [-0.2, -0.15) is 0 Å². The Morgan fingerprint density at radius 1 is 1.07 bits per heavy atom. The number of aryl methyl sites for hydroxylation is 1. The number of ether oxygens (including phenoxy) is 3. The average molecular weight is 564 g/mol. The van der Waals surface area contributed by atoms with Gasteiger partial charge in [0.1, 0.15) is 19.0 Å². The van der Waals surface area contributed by atoms with Crippen molar-refractivity contribution in [2.75, 3.05) is 33.4 Å². The molecule has 0 saturated carbocycles. The van der Waals surface area contributed by atoms with Crippen molar-refractivity contribution in [3.63, 3.8) is 0 Å². The predicted molar refractivity (Wildman–Crippen MR) is 158 cm³/mol. The molecule has 5 rings (SSSR count). The average Bonchev–Trinajstić information content (AvgIpc) is 2.94. The summed E-state index contributed by atoms with van der Waals surface area (Å²) < 4.78 is 18.6. The number of amides is 1. The van der Waals surface area contributed by atoms with E-state index >= 15 is 0 Å². The lowest BCUT2D eigenvalue weighted by Gasteiger charge is -2.48. The lowest BCUT2D eigenvalue weighted by Crippen LogP contribution is -2.55. The van der Waals surface area contributed by atoms with E-state index in [4.69, 9.17) is 14.2 Å². The van der Waals surface area contributed by atoms with Crippen molar-refractivity contribution >= 4 is 17.0 Å². The Kier molecular flexibility index (Phi) is 8.18. The monoisotopic (exact) mass is 563 g/mol. The quantitative estimate of drug-likeness (QED) is 0.425. The van der Waals surface area contributed by atoms with E-state index in [2.05, 4.69) is 25.7 Å². The number of rotatable bonds is 7. The summed E-state index contributed by atoms with van der Waals surface area (Å²) >= 11 is 0. The van der Waals surface area contributed by atoms with Crippen LogP contribution in [0.15, 0.2) is 47.3 Å². The third-order valence-corrected chi connectivity index (χ3v) is 8.47. The van der Waals surface area contributed by atoms with Crippen LogP contribution in [-0.4, -0.2) is 71.1 Å². The number of methoxy groups -OCH3 is 1.